The van der Waals surface area contributed by atoms with Crippen molar-refractivity contribution in [2.45, 2.75) is 38.1 Å². The van der Waals surface area contributed by atoms with Crippen molar-refractivity contribution in [1.29, 1.82) is 0 Å². The summed E-state index contributed by atoms with van der Waals surface area (Å²) in [5.74, 6) is -1.14. The number of carbonyl (C=O) groups excluding carboxylic acids is 2. The van der Waals surface area contributed by atoms with Gasteiger partial charge in [0.2, 0.25) is 5.91 Å². The molecule has 1 aliphatic carbocycles. The average molecular weight is 473 g/mol. The number of amides is 2. The maximum Gasteiger partial charge on any atom is 0.411 e. The van der Waals surface area contributed by atoms with Gasteiger partial charge in [0, 0.05) is 24.1 Å². The third-order valence-corrected chi connectivity index (χ3v) is 6.07. The van der Waals surface area contributed by atoms with E-state index in [4.69, 9.17) is 9.84 Å². The second kappa shape index (κ2) is 10.9. The summed E-state index contributed by atoms with van der Waals surface area (Å²) >= 11 is 0. The molecule has 0 aromatic heterocycles. The zero-order valence-corrected chi connectivity index (χ0v) is 19.5. The van der Waals surface area contributed by atoms with Gasteiger partial charge in [0.05, 0.1) is 6.42 Å². The van der Waals surface area contributed by atoms with E-state index in [0.717, 1.165) is 16.7 Å². The fourth-order valence-electron chi connectivity index (χ4n) is 4.42. The molecule has 180 valence electrons. The lowest BCUT2D eigenvalue weighted by Crippen LogP contribution is -2.34. The van der Waals surface area contributed by atoms with Crippen LogP contribution in [0.5, 0.6) is 0 Å². The minimum atomic E-state index is -0.947. The summed E-state index contributed by atoms with van der Waals surface area (Å²) in [4.78, 5) is 35.1. The number of benzene rings is 3. The third kappa shape index (κ3) is 6.06. The van der Waals surface area contributed by atoms with E-state index in [1.807, 2.05) is 36.4 Å². The number of carboxylic acid groups (broad SMARTS) is 1. The minimum absolute atomic E-state index is 0.000102. The number of nitrogens with one attached hydrogen (secondary N) is 2. The second-order valence-electron chi connectivity index (χ2n) is 8.71. The Kier molecular flexibility index (Phi) is 7.45. The van der Waals surface area contributed by atoms with Crippen molar-refractivity contribution in [1.82, 2.24) is 5.32 Å². The molecule has 4 rings (SSSR count). The lowest BCUT2D eigenvalue weighted by Gasteiger charge is -2.15. The molecule has 0 heterocycles. The second-order valence-corrected chi connectivity index (χ2v) is 8.71. The molecule has 2 amide bonds. The van der Waals surface area contributed by atoms with Crippen LogP contribution in [0.25, 0.3) is 11.1 Å². The van der Waals surface area contributed by atoms with Crippen LogP contribution in [-0.4, -0.2) is 35.7 Å². The number of aryl methyl sites for hydroxylation is 1. The van der Waals surface area contributed by atoms with E-state index in [0.29, 0.717) is 12.1 Å². The van der Waals surface area contributed by atoms with Gasteiger partial charge in [-0.2, -0.15) is 0 Å². The highest BCUT2D eigenvalue weighted by Crippen LogP contribution is 2.44. The highest BCUT2D eigenvalue weighted by molar-refractivity contribution is 5.85. The lowest BCUT2D eigenvalue weighted by atomic mass is 9.98. The Hall–Kier alpha value is -4.13. The monoisotopic (exact) mass is 472 g/mol. The summed E-state index contributed by atoms with van der Waals surface area (Å²) < 4.78 is 5.57. The van der Waals surface area contributed by atoms with Gasteiger partial charge in [-0.1, -0.05) is 60.7 Å². The fourth-order valence-corrected chi connectivity index (χ4v) is 4.42. The number of anilines is 1. The van der Waals surface area contributed by atoms with E-state index in [-0.39, 0.29) is 31.3 Å². The molecule has 3 N–H and O–H groups in total. The predicted molar refractivity (Wildman–Crippen MR) is 133 cm³/mol. The van der Waals surface area contributed by atoms with Crippen LogP contribution in [0, 0.1) is 0 Å². The first-order valence-corrected chi connectivity index (χ1v) is 11.6. The minimum Gasteiger partial charge on any atom is -0.481 e. The van der Waals surface area contributed by atoms with Gasteiger partial charge in [0.1, 0.15) is 6.61 Å². The standard InChI is InChI=1S/C28H28N2O5/c1-18(16-27(32)33)29-26(31)15-12-19-10-13-20(14-11-19)30-28(34)35-17-25-23-8-4-2-6-21(23)22-7-3-5-9-24(22)25/h2-11,13-14,18,25H,12,15-17H2,1H3,(H,29,31)(H,30,34)(H,32,33). The van der Waals surface area contributed by atoms with E-state index in [1.165, 1.54) is 11.1 Å². The number of ether oxygens (including phenoxy) is 1. The predicted octanol–water partition coefficient (Wildman–Crippen LogP) is 4.96. The summed E-state index contributed by atoms with van der Waals surface area (Å²) in [6.07, 6.45) is 0.133. The van der Waals surface area contributed by atoms with Gasteiger partial charge in [-0.15, -0.1) is 0 Å². The Morgan fingerprint density at radius 1 is 0.914 bits per heavy atom. The first kappa shape index (κ1) is 24.0. The van der Waals surface area contributed by atoms with Gasteiger partial charge < -0.3 is 15.2 Å². The maximum absolute atomic E-state index is 12.4. The summed E-state index contributed by atoms with van der Waals surface area (Å²) in [6, 6.07) is 23.2. The SMILES string of the molecule is CC(CC(=O)O)NC(=O)CCc1ccc(NC(=O)OCC2c3ccccc3-c3ccccc32)cc1. The quantitative estimate of drug-likeness (QED) is 0.408. The molecule has 1 aliphatic rings. The largest absolute Gasteiger partial charge is 0.481 e. The summed E-state index contributed by atoms with van der Waals surface area (Å²) in [6.45, 7) is 1.91. The number of aliphatic carboxylic acids is 1. The van der Waals surface area contributed by atoms with Gasteiger partial charge in [-0.25, -0.2) is 4.79 Å². The Labute approximate surface area is 204 Å². The van der Waals surface area contributed by atoms with Crippen molar-refractivity contribution in [2.24, 2.45) is 0 Å². The smallest absolute Gasteiger partial charge is 0.411 e. The van der Waals surface area contributed by atoms with Crippen LogP contribution in [0.2, 0.25) is 0 Å². The molecule has 7 nitrogen and oxygen atoms in total. The Bertz CT molecular complexity index is 1180. The van der Waals surface area contributed by atoms with Crippen molar-refractivity contribution in [3.8, 4) is 11.1 Å². The van der Waals surface area contributed by atoms with Gasteiger partial charge in [0.25, 0.3) is 0 Å². The number of hydrogen-bond acceptors (Lipinski definition) is 4. The molecule has 0 radical (unpaired) electrons. The van der Waals surface area contributed by atoms with Gasteiger partial charge in [-0.3, -0.25) is 14.9 Å². The molecule has 0 saturated heterocycles. The molecular weight excluding hydrogens is 444 g/mol. The first-order chi connectivity index (χ1) is 16.9. The average Bonchev–Trinajstić information content (AvgIpc) is 3.15. The number of fused-ring (bicyclic) bond motifs is 3. The van der Waals surface area contributed by atoms with Crippen LogP contribution in [0.15, 0.2) is 72.8 Å². The molecule has 0 spiro atoms. The number of carboxylic acids is 1. The Morgan fingerprint density at radius 2 is 1.51 bits per heavy atom. The highest BCUT2D eigenvalue weighted by Gasteiger charge is 2.29. The van der Waals surface area contributed by atoms with Gasteiger partial charge in [-0.05, 0) is 53.3 Å². The molecule has 0 saturated carbocycles. The number of rotatable bonds is 9. The highest BCUT2D eigenvalue weighted by atomic mass is 16.5. The van der Waals surface area contributed by atoms with Gasteiger partial charge in [0.15, 0.2) is 0 Å². The molecule has 0 fully saturated rings. The molecule has 7 heteroatoms. The molecule has 0 aliphatic heterocycles. The van der Waals surface area contributed by atoms with Gasteiger partial charge >= 0.3 is 12.1 Å². The molecule has 3 aromatic carbocycles. The van der Waals surface area contributed by atoms with Crippen molar-refractivity contribution in [3.05, 3.63) is 89.5 Å². The molecule has 3 aromatic rings. The van der Waals surface area contributed by atoms with Crippen LogP contribution in [0.1, 0.15) is 42.4 Å². The summed E-state index contributed by atoms with van der Waals surface area (Å²) in [5, 5.41) is 14.2. The van der Waals surface area contributed by atoms with Crippen LogP contribution in [0.3, 0.4) is 0 Å². The van der Waals surface area contributed by atoms with E-state index >= 15 is 0 Å². The van der Waals surface area contributed by atoms with E-state index in [1.54, 1.807) is 19.1 Å². The number of carbonyl (C=O) groups is 3. The topological polar surface area (TPSA) is 105 Å². The van der Waals surface area contributed by atoms with Crippen molar-refractivity contribution in [2.75, 3.05) is 11.9 Å². The van der Waals surface area contributed by atoms with Crippen molar-refractivity contribution >= 4 is 23.7 Å². The molecule has 1 atom stereocenters. The van der Waals surface area contributed by atoms with Crippen molar-refractivity contribution < 1.29 is 24.2 Å². The molecule has 0 bridgehead atoms. The zero-order chi connectivity index (χ0) is 24.8. The van der Waals surface area contributed by atoms with Crippen LogP contribution in [0.4, 0.5) is 10.5 Å². The van der Waals surface area contributed by atoms with Crippen LogP contribution in [-0.2, 0) is 20.7 Å². The first-order valence-electron chi connectivity index (χ1n) is 11.6. The van der Waals surface area contributed by atoms with Crippen molar-refractivity contribution in [3.63, 3.8) is 0 Å². The van der Waals surface area contributed by atoms with E-state index in [9.17, 15) is 14.4 Å². The Morgan fingerprint density at radius 3 is 2.11 bits per heavy atom. The zero-order valence-electron chi connectivity index (χ0n) is 19.5. The van der Waals surface area contributed by atoms with Crippen LogP contribution >= 0.6 is 0 Å². The maximum atomic E-state index is 12.4. The summed E-state index contributed by atoms with van der Waals surface area (Å²) in [5.41, 5.74) is 6.21. The van der Waals surface area contributed by atoms with E-state index in [2.05, 4.69) is 34.9 Å². The normalized spacial score (nSPS) is 12.8. The molecular formula is C28H28N2O5. The summed E-state index contributed by atoms with van der Waals surface area (Å²) in [7, 11) is 0. The van der Waals surface area contributed by atoms with Crippen LogP contribution < -0.4 is 10.6 Å². The molecule has 35 heavy (non-hydrogen) atoms. The lowest BCUT2D eigenvalue weighted by molar-refractivity contribution is -0.137. The fraction of sp³-hybridized carbons (Fsp3) is 0.250. The third-order valence-electron chi connectivity index (χ3n) is 6.07. The molecule has 1 unspecified atom stereocenters. The van der Waals surface area contributed by atoms with E-state index < -0.39 is 18.1 Å². The Balaban J connectivity index is 1.26. The number of hydrogen-bond donors (Lipinski definition) is 3.